The Hall–Kier alpha value is -4.01. The van der Waals surface area contributed by atoms with Crippen LogP contribution in [0.2, 0.25) is 0 Å². The number of nitrogens with zero attached hydrogens (tertiary/aromatic N) is 5. The average molecular weight is 431 g/mol. The molecule has 0 saturated heterocycles. The highest BCUT2D eigenvalue weighted by Crippen LogP contribution is 2.29. The van der Waals surface area contributed by atoms with Crippen LogP contribution in [-0.2, 0) is 0 Å². The highest BCUT2D eigenvalue weighted by molar-refractivity contribution is 6.06. The summed E-state index contributed by atoms with van der Waals surface area (Å²) >= 11 is 0. The smallest absolute Gasteiger partial charge is 0.251 e. The molecule has 0 saturated carbocycles. The third-order valence-electron chi connectivity index (χ3n) is 5.21. The summed E-state index contributed by atoms with van der Waals surface area (Å²) in [7, 11) is 1.52. The summed E-state index contributed by atoms with van der Waals surface area (Å²) in [5.74, 6) is 0.471. The molecule has 4 aromatic rings. The molecule has 0 aliphatic carbocycles. The third kappa shape index (κ3) is 4.22. The predicted octanol–water partition coefficient (Wildman–Crippen LogP) is 3.50. The van der Waals surface area contributed by atoms with Crippen molar-refractivity contribution in [1.29, 1.82) is 0 Å². The number of halogens is 1. The van der Waals surface area contributed by atoms with E-state index in [1.54, 1.807) is 18.5 Å². The van der Waals surface area contributed by atoms with Gasteiger partial charge in [-0.05, 0) is 24.6 Å². The van der Waals surface area contributed by atoms with E-state index in [1.165, 1.54) is 31.7 Å². The van der Waals surface area contributed by atoms with Gasteiger partial charge in [0.05, 0.1) is 16.8 Å². The van der Waals surface area contributed by atoms with Crippen molar-refractivity contribution in [2.45, 2.75) is 19.8 Å². The minimum Gasteiger partial charge on any atom is -0.369 e. The van der Waals surface area contributed by atoms with E-state index in [2.05, 4.69) is 35.6 Å². The third-order valence-corrected chi connectivity index (χ3v) is 5.21. The lowest BCUT2D eigenvalue weighted by atomic mass is 9.95. The Morgan fingerprint density at radius 1 is 1.09 bits per heavy atom. The second-order valence-electron chi connectivity index (χ2n) is 7.39. The topological polar surface area (TPSA) is 106 Å². The predicted molar refractivity (Wildman–Crippen MR) is 120 cm³/mol. The van der Waals surface area contributed by atoms with Gasteiger partial charge in [-0.1, -0.05) is 13.0 Å². The summed E-state index contributed by atoms with van der Waals surface area (Å²) < 4.78 is 14.6. The molecule has 2 N–H and O–H groups in total. The zero-order valence-electron chi connectivity index (χ0n) is 17.9. The van der Waals surface area contributed by atoms with E-state index < -0.39 is 5.82 Å². The Bertz CT molecular complexity index is 1280. The Kier molecular flexibility index (Phi) is 5.98. The lowest BCUT2D eigenvalue weighted by Crippen LogP contribution is -2.19. The first-order valence-electron chi connectivity index (χ1n) is 10.1. The molecule has 1 aromatic carbocycles. The highest BCUT2D eigenvalue weighted by Gasteiger charge is 2.18. The fraction of sp³-hybridized carbons (Fsp3) is 0.217. The van der Waals surface area contributed by atoms with E-state index in [0.29, 0.717) is 29.4 Å². The maximum Gasteiger partial charge on any atom is 0.251 e. The van der Waals surface area contributed by atoms with Crippen LogP contribution in [0.15, 0.2) is 49.2 Å². The van der Waals surface area contributed by atoms with E-state index in [-0.39, 0.29) is 22.8 Å². The summed E-state index contributed by atoms with van der Waals surface area (Å²) in [5.41, 5.74) is 3.07. The van der Waals surface area contributed by atoms with Crippen LogP contribution in [0, 0.1) is 12.7 Å². The van der Waals surface area contributed by atoms with Gasteiger partial charge < -0.3 is 10.6 Å². The van der Waals surface area contributed by atoms with Gasteiger partial charge in [0.2, 0.25) is 0 Å². The Morgan fingerprint density at radius 3 is 2.62 bits per heavy atom. The molecular formula is C23H22FN7O. The maximum absolute atomic E-state index is 14.6. The van der Waals surface area contributed by atoms with Crippen LogP contribution < -0.4 is 10.6 Å². The molecular weight excluding hydrogens is 409 g/mol. The molecule has 8 nitrogen and oxygen atoms in total. The zero-order chi connectivity index (χ0) is 22.7. The van der Waals surface area contributed by atoms with Crippen molar-refractivity contribution in [2.75, 3.05) is 18.9 Å². The highest BCUT2D eigenvalue weighted by atomic mass is 19.1. The maximum atomic E-state index is 14.6. The van der Waals surface area contributed by atoms with Crippen molar-refractivity contribution in [3.05, 3.63) is 72.0 Å². The number of amides is 1. The van der Waals surface area contributed by atoms with Crippen LogP contribution in [0.1, 0.15) is 34.6 Å². The van der Waals surface area contributed by atoms with Crippen molar-refractivity contribution < 1.29 is 9.18 Å². The van der Waals surface area contributed by atoms with Gasteiger partial charge in [0.15, 0.2) is 0 Å². The number of hydrogen-bond acceptors (Lipinski definition) is 7. The molecule has 0 radical (unpaired) electrons. The molecule has 9 heteroatoms. The van der Waals surface area contributed by atoms with Crippen LogP contribution in [0.25, 0.3) is 22.2 Å². The first kappa shape index (κ1) is 21.2. The summed E-state index contributed by atoms with van der Waals surface area (Å²) in [4.78, 5) is 33.5. The summed E-state index contributed by atoms with van der Waals surface area (Å²) in [6.45, 7) is 4.35. The minimum atomic E-state index is -0.476. The summed E-state index contributed by atoms with van der Waals surface area (Å²) in [5, 5.41) is 6.07. The number of aryl methyl sites for hydroxylation is 1. The first-order valence-corrected chi connectivity index (χ1v) is 10.1. The quantitative estimate of drug-likeness (QED) is 0.481. The van der Waals surface area contributed by atoms with E-state index in [0.717, 1.165) is 11.1 Å². The van der Waals surface area contributed by atoms with E-state index in [1.807, 2.05) is 19.9 Å². The van der Waals surface area contributed by atoms with Gasteiger partial charge in [0, 0.05) is 55.1 Å². The van der Waals surface area contributed by atoms with Gasteiger partial charge in [-0.3, -0.25) is 9.78 Å². The molecule has 0 aliphatic heterocycles. The zero-order valence-corrected chi connectivity index (χ0v) is 17.9. The second-order valence-corrected chi connectivity index (χ2v) is 7.39. The molecule has 3 heterocycles. The van der Waals surface area contributed by atoms with E-state index in [9.17, 15) is 9.18 Å². The summed E-state index contributed by atoms with van der Waals surface area (Å²) in [6, 6.07) is 6.43. The molecule has 0 fully saturated rings. The summed E-state index contributed by atoms with van der Waals surface area (Å²) in [6.07, 6.45) is 6.44. The van der Waals surface area contributed by atoms with Gasteiger partial charge in [-0.2, -0.15) is 0 Å². The molecule has 0 bridgehead atoms. The first-order chi connectivity index (χ1) is 15.5. The number of aromatic nitrogens is 5. The average Bonchev–Trinajstić information content (AvgIpc) is 2.82. The lowest BCUT2D eigenvalue weighted by molar-refractivity contribution is 0.0964. The molecule has 32 heavy (non-hydrogen) atoms. The normalized spacial score (nSPS) is 11.9. The van der Waals surface area contributed by atoms with Gasteiger partial charge in [-0.15, -0.1) is 0 Å². The van der Waals surface area contributed by atoms with Crippen LogP contribution in [-0.4, -0.2) is 44.4 Å². The second kappa shape index (κ2) is 9.01. The largest absolute Gasteiger partial charge is 0.369 e. The Balaban J connectivity index is 1.58. The molecule has 1 amide bonds. The fourth-order valence-corrected chi connectivity index (χ4v) is 3.47. The molecule has 162 valence electrons. The van der Waals surface area contributed by atoms with E-state index in [4.69, 9.17) is 0 Å². The van der Waals surface area contributed by atoms with Crippen LogP contribution in [0.4, 0.5) is 10.2 Å². The fourth-order valence-electron chi connectivity index (χ4n) is 3.47. The Labute approximate surface area is 184 Å². The number of carbonyl (C=O) groups excluding carboxylic acids is 1. The van der Waals surface area contributed by atoms with Crippen molar-refractivity contribution in [3.8, 4) is 11.3 Å². The number of hydrogen-bond donors (Lipinski definition) is 2. The SMILES string of the molecule is CNC(=O)c1ccnc2c([C@H](C)CNc3cc(-c4cnc(C)nc4)ncn3)ccc(F)c12. The van der Waals surface area contributed by atoms with Gasteiger partial charge in [0.25, 0.3) is 5.91 Å². The standard InChI is InChI=1S/C23H22FN7O/c1-13(9-29-20-8-19(30-12-31-20)15-10-27-14(2)28-11-15)16-4-5-18(24)21-17(23(32)25-3)6-7-26-22(16)21/h4-8,10-13H,9H2,1-3H3,(H,25,32)(H,29,30,31)/t13-/m1/s1. The number of nitrogens with one attached hydrogen (secondary N) is 2. The molecule has 0 spiro atoms. The van der Waals surface area contributed by atoms with Gasteiger partial charge >= 0.3 is 0 Å². The van der Waals surface area contributed by atoms with Crippen molar-refractivity contribution in [2.24, 2.45) is 0 Å². The van der Waals surface area contributed by atoms with Crippen LogP contribution >= 0.6 is 0 Å². The molecule has 1 atom stereocenters. The van der Waals surface area contributed by atoms with Crippen LogP contribution in [0.3, 0.4) is 0 Å². The molecule has 0 unspecified atom stereocenters. The van der Waals surface area contributed by atoms with Crippen molar-refractivity contribution in [3.63, 3.8) is 0 Å². The number of rotatable bonds is 6. The number of carbonyl (C=O) groups is 1. The number of fused-ring (bicyclic) bond motifs is 1. The van der Waals surface area contributed by atoms with Gasteiger partial charge in [-0.25, -0.2) is 24.3 Å². The Morgan fingerprint density at radius 2 is 1.88 bits per heavy atom. The van der Waals surface area contributed by atoms with Crippen LogP contribution in [0.5, 0.6) is 0 Å². The monoisotopic (exact) mass is 431 g/mol. The van der Waals surface area contributed by atoms with Crippen molar-refractivity contribution >= 4 is 22.6 Å². The minimum absolute atomic E-state index is 0.0355. The molecule has 0 aliphatic rings. The van der Waals surface area contributed by atoms with Gasteiger partial charge in [0.1, 0.15) is 23.8 Å². The number of pyridine rings is 1. The number of benzene rings is 1. The molecule has 3 aromatic heterocycles. The number of anilines is 1. The molecule has 4 rings (SSSR count). The van der Waals surface area contributed by atoms with Crippen molar-refractivity contribution in [1.82, 2.24) is 30.2 Å². The van der Waals surface area contributed by atoms with E-state index >= 15 is 0 Å². The lowest BCUT2D eigenvalue weighted by Gasteiger charge is -2.17.